The fourth-order valence-corrected chi connectivity index (χ4v) is 5.81. The molecule has 2 aliphatic rings. The van der Waals surface area contributed by atoms with Crippen molar-refractivity contribution in [3.63, 3.8) is 0 Å². The first-order valence-electron chi connectivity index (χ1n) is 10.9. The highest BCUT2D eigenvalue weighted by Gasteiger charge is 2.34. The molecule has 0 saturated carbocycles. The Hall–Kier alpha value is -2.74. The van der Waals surface area contributed by atoms with E-state index < -0.39 is 0 Å². The van der Waals surface area contributed by atoms with Crippen molar-refractivity contribution in [2.24, 2.45) is 0 Å². The molecule has 8 heteroatoms. The van der Waals surface area contributed by atoms with E-state index in [0.717, 1.165) is 30.5 Å². The Morgan fingerprint density at radius 3 is 3.00 bits per heavy atom. The van der Waals surface area contributed by atoms with E-state index in [1.807, 2.05) is 25.2 Å². The number of amides is 2. The summed E-state index contributed by atoms with van der Waals surface area (Å²) in [4.78, 5) is 34.8. The SMILES string of the molecule is Cc1c(CN(C)C(=O)/C=C/c2cnc3c(c2)CN2CCCC2C(=O)N3)sc2ccccc12.Cl. The monoisotopic (exact) mass is 482 g/mol. The van der Waals surface area contributed by atoms with E-state index >= 15 is 0 Å². The van der Waals surface area contributed by atoms with Gasteiger partial charge in [0.25, 0.3) is 0 Å². The van der Waals surface area contributed by atoms with Crippen molar-refractivity contribution >= 4 is 57.5 Å². The van der Waals surface area contributed by atoms with Crippen LogP contribution in [0.1, 0.15) is 34.4 Å². The third-order valence-electron chi connectivity index (χ3n) is 6.39. The van der Waals surface area contributed by atoms with E-state index in [0.29, 0.717) is 18.9 Å². The molecule has 0 radical (unpaired) electrons. The molecule has 4 heterocycles. The van der Waals surface area contributed by atoms with Crippen LogP contribution in [0.5, 0.6) is 0 Å². The molecule has 6 nitrogen and oxygen atoms in total. The number of aromatic nitrogens is 1. The molecule has 1 aromatic carbocycles. The van der Waals surface area contributed by atoms with Crippen molar-refractivity contribution < 1.29 is 9.59 Å². The molecule has 0 aliphatic carbocycles. The van der Waals surface area contributed by atoms with Crippen LogP contribution in [0.2, 0.25) is 0 Å². The highest BCUT2D eigenvalue weighted by Crippen LogP contribution is 2.31. The predicted octanol–water partition coefficient (Wildman–Crippen LogP) is 4.61. The average molecular weight is 483 g/mol. The molecule has 2 aliphatic heterocycles. The number of carbonyl (C=O) groups is 2. The van der Waals surface area contributed by atoms with Gasteiger partial charge < -0.3 is 10.2 Å². The Morgan fingerprint density at radius 1 is 1.36 bits per heavy atom. The number of nitrogens with one attached hydrogen (secondary N) is 1. The van der Waals surface area contributed by atoms with Crippen LogP contribution < -0.4 is 5.32 Å². The molecule has 172 valence electrons. The lowest BCUT2D eigenvalue weighted by Gasteiger charge is -2.19. The molecule has 33 heavy (non-hydrogen) atoms. The number of halogens is 1. The minimum atomic E-state index is -0.0595. The summed E-state index contributed by atoms with van der Waals surface area (Å²) in [5.74, 6) is 0.611. The maximum absolute atomic E-state index is 12.7. The number of anilines is 1. The van der Waals surface area contributed by atoms with Gasteiger partial charge in [0.2, 0.25) is 11.8 Å². The molecule has 1 atom stereocenters. The van der Waals surface area contributed by atoms with Gasteiger partial charge in [-0.1, -0.05) is 18.2 Å². The number of fused-ring (bicyclic) bond motifs is 3. The lowest BCUT2D eigenvalue weighted by Crippen LogP contribution is -2.36. The Kier molecular flexibility index (Phi) is 6.83. The topological polar surface area (TPSA) is 65.5 Å². The van der Waals surface area contributed by atoms with Crippen LogP contribution in [0.4, 0.5) is 5.82 Å². The number of rotatable bonds is 4. The van der Waals surface area contributed by atoms with Gasteiger partial charge in [0.15, 0.2) is 0 Å². The zero-order chi connectivity index (χ0) is 22.2. The molecule has 0 bridgehead atoms. The molecule has 1 saturated heterocycles. The normalized spacial score (nSPS) is 17.9. The van der Waals surface area contributed by atoms with Crippen LogP contribution in [0.25, 0.3) is 16.2 Å². The van der Waals surface area contributed by atoms with Crippen LogP contribution in [0, 0.1) is 6.92 Å². The molecule has 0 spiro atoms. The fraction of sp³-hybridized carbons (Fsp3) is 0.320. The van der Waals surface area contributed by atoms with Crippen LogP contribution >= 0.6 is 23.7 Å². The van der Waals surface area contributed by atoms with Crippen molar-refractivity contribution in [3.8, 4) is 0 Å². The molecule has 2 aromatic heterocycles. The van der Waals surface area contributed by atoms with E-state index in [2.05, 4.69) is 34.3 Å². The van der Waals surface area contributed by atoms with Crippen molar-refractivity contribution in [1.29, 1.82) is 0 Å². The number of pyridine rings is 1. The zero-order valence-electron chi connectivity index (χ0n) is 18.7. The first-order valence-corrected chi connectivity index (χ1v) is 11.8. The summed E-state index contributed by atoms with van der Waals surface area (Å²) in [7, 11) is 1.83. The van der Waals surface area contributed by atoms with Gasteiger partial charge in [-0.25, -0.2) is 4.98 Å². The predicted molar refractivity (Wildman–Crippen MR) is 136 cm³/mol. The van der Waals surface area contributed by atoms with Gasteiger partial charge in [-0.3, -0.25) is 14.5 Å². The quantitative estimate of drug-likeness (QED) is 0.551. The number of carbonyl (C=O) groups excluding carboxylic acids is 2. The number of benzene rings is 1. The van der Waals surface area contributed by atoms with Crippen molar-refractivity contribution in [3.05, 3.63) is 64.2 Å². The third kappa shape index (κ3) is 4.67. The molecular formula is C25H27ClN4O2S. The first-order chi connectivity index (χ1) is 15.5. The fourth-order valence-electron chi connectivity index (χ4n) is 4.55. The smallest absolute Gasteiger partial charge is 0.246 e. The Labute approximate surface area is 203 Å². The van der Waals surface area contributed by atoms with Crippen LogP contribution in [-0.2, 0) is 22.7 Å². The van der Waals surface area contributed by atoms with E-state index in [4.69, 9.17) is 0 Å². The summed E-state index contributed by atoms with van der Waals surface area (Å²) in [6.45, 7) is 4.33. The van der Waals surface area contributed by atoms with Gasteiger partial charge in [0, 0.05) is 41.0 Å². The maximum Gasteiger partial charge on any atom is 0.246 e. The number of hydrogen-bond acceptors (Lipinski definition) is 5. The van der Waals surface area contributed by atoms with E-state index in [-0.39, 0.29) is 30.3 Å². The summed E-state index contributed by atoms with van der Waals surface area (Å²) in [6, 6.07) is 10.3. The van der Waals surface area contributed by atoms with Crippen molar-refractivity contribution in [1.82, 2.24) is 14.8 Å². The van der Waals surface area contributed by atoms with Crippen LogP contribution in [-0.4, -0.2) is 46.2 Å². The van der Waals surface area contributed by atoms with Gasteiger partial charge in [0.05, 0.1) is 12.6 Å². The molecule has 1 fully saturated rings. The highest BCUT2D eigenvalue weighted by molar-refractivity contribution is 7.19. The second kappa shape index (κ2) is 9.63. The number of thiophene rings is 1. The summed E-state index contributed by atoms with van der Waals surface area (Å²) >= 11 is 1.74. The van der Waals surface area contributed by atoms with Crippen molar-refractivity contribution in [2.45, 2.75) is 38.9 Å². The third-order valence-corrected chi connectivity index (χ3v) is 7.64. The summed E-state index contributed by atoms with van der Waals surface area (Å²) in [5.41, 5.74) is 3.09. The molecule has 1 unspecified atom stereocenters. The maximum atomic E-state index is 12.7. The largest absolute Gasteiger partial charge is 0.337 e. The number of hydrogen-bond donors (Lipinski definition) is 1. The lowest BCUT2D eigenvalue weighted by molar-refractivity contribution is -0.125. The highest BCUT2D eigenvalue weighted by atomic mass is 35.5. The van der Waals surface area contributed by atoms with E-state index in [1.165, 1.54) is 20.5 Å². The number of likely N-dealkylation sites (N-methyl/N-ethyl adjacent to an activating group) is 1. The molecule has 2 amide bonds. The minimum Gasteiger partial charge on any atom is -0.337 e. The Balaban J connectivity index is 0.00000259. The van der Waals surface area contributed by atoms with Crippen LogP contribution in [0.15, 0.2) is 42.6 Å². The molecule has 5 rings (SSSR count). The van der Waals surface area contributed by atoms with Gasteiger partial charge >= 0.3 is 0 Å². The van der Waals surface area contributed by atoms with Crippen molar-refractivity contribution in [2.75, 3.05) is 18.9 Å². The van der Waals surface area contributed by atoms with E-state index in [1.54, 1.807) is 34.6 Å². The standard InChI is InChI=1S/C25H26N4O2S.ClH/c1-16-19-6-3-4-8-21(19)32-22(16)15-28(2)23(30)10-9-17-12-18-14-29-11-5-7-20(29)25(31)27-24(18)26-13-17;/h3-4,6,8-10,12-13,20H,5,7,11,14-15H2,1-2H3,(H,26,27,31);1H/b10-9+;. The summed E-state index contributed by atoms with van der Waals surface area (Å²) in [5, 5.41) is 4.21. The number of nitrogens with zero attached hydrogens (tertiary/aromatic N) is 3. The number of aryl methyl sites for hydroxylation is 1. The molecular weight excluding hydrogens is 456 g/mol. The second-order valence-corrected chi connectivity index (χ2v) is 9.70. The Morgan fingerprint density at radius 2 is 2.18 bits per heavy atom. The average Bonchev–Trinajstić information content (AvgIpc) is 3.35. The van der Waals surface area contributed by atoms with Gasteiger partial charge in [-0.05, 0) is 61.0 Å². The van der Waals surface area contributed by atoms with Gasteiger partial charge in [-0.2, -0.15) is 0 Å². The van der Waals surface area contributed by atoms with Gasteiger partial charge in [0.1, 0.15) is 5.82 Å². The van der Waals surface area contributed by atoms with E-state index in [9.17, 15) is 9.59 Å². The van der Waals surface area contributed by atoms with Gasteiger partial charge in [-0.15, -0.1) is 23.7 Å². The lowest BCUT2D eigenvalue weighted by atomic mass is 10.1. The summed E-state index contributed by atoms with van der Waals surface area (Å²) in [6.07, 6.45) is 7.04. The van der Waals surface area contributed by atoms with Crippen LogP contribution in [0.3, 0.4) is 0 Å². The second-order valence-electron chi connectivity index (χ2n) is 8.57. The molecule has 1 N–H and O–H groups in total. The molecule has 3 aromatic rings. The summed E-state index contributed by atoms with van der Waals surface area (Å²) < 4.78 is 1.25. The zero-order valence-corrected chi connectivity index (χ0v) is 20.3. The minimum absolute atomic E-state index is 0. The first kappa shape index (κ1) is 23.4. The Bertz CT molecular complexity index is 1240.